The van der Waals surface area contributed by atoms with Gasteiger partial charge in [0.15, 0.2) is 0 Å². The van der Waals surface area contributed by atoms with E-state index in [4.69, 9.17) is 14.2 Å². The number of morpholine rings is 1. The standard InChI is InChI=1S/C15H25N3O3/c1-10-13(16-11(2)17-14(10)20-6)18-7-12(8-19-5)21-15(3,4)9-18/h12H,7-9H2,1-6H3/t12-/m1/s1. The quantitative estimate of drug-likeness (QED) is 0.843. The molecule has 1 saturated heterocycles. The second kappa shape index (κ2) is 6.15. The van der Waals surface area contributed by atoms with Crippen molar-refractivity contribution < 1.29 is 14.2 Å². The summed E-state index contributed by atoms with van der Waals surface area (Å²) in [5.41, 5.74) is 0.706. The fourth-order valence-electron chi connectivity index (χ4n) is 2.82. The predicted octanol–water partition coefficient (Wildman–Crippen LogP) is 1.73. The number of aryl methyl sites for hydroxylation is 1. The Hall–Kier alpha value is -1.40. The summed E-state index contributed by atoms with van der Waals surface area (Å²) in [5, 5.41) is 0. The number of hydrogen-bond acceptors (Lipinski definition) is 6. The summed E-state index contributed by atoms with van der Waals surface area (Å²) in [7, 11) is 3.33. The molecule has 6 nitrogen and oxygen atoms in total. The van der Waals surface area contributed by atoms with Crippen LogP contribution < -0.4 is 9.64 Å². The zero-order valence-corrected chi connectivity index (χ0v) is 13.8. The first-order chi connectivity index (χ1) is 9.86. The molecule has 2 heterocycles. The Balaban J connectivity index is 2.33. The molecule has 0 aromatic carbocycles. The molecule has 0 amide bonds. The molecule has 118 valence electrons. The van der Waals surface area contributed by atoms with Crippen LogP contribution in [0.4, 0.5) is 5.82 Å². The molecule has 0 bridgehead atoms. The third kappa shape index (κ3) is 3.63. The van der Waals surface area contributed by atoms with E-state index in [9.17, 15) is 0 Å². The van der Waals surface area contributed by atoms with Gasteiger partial charge in [-0.15, -0.1) is 0 Å². The van der Waals surface area contributed by atoms with Crippen LogP contribution in [0.15, 0.2) is 0 Å². The predicted molar refractivity (Wildman–Crippen MR) is 81.1 cm³/mol. The van der Waals surface area contributed by atoms with Crippen molar-refractivity contribution in [3.05, 3.63) is 11.4 Å². The minimum Gasteiger partial charge on any atom is -0.481 e. The van der Waals surface area contributed by atoms with Crippen LogP contribution >= 0.6 is 0 Å². The van der Waals surface area contributed by atoms with Crippen LogP contribution in [0.1, 0.15) is 25.2 Å². The maximum absolute atomic E-state index is 6.05. The lowest BCUT2D eigenvalue weighted by Crippen LogP contribution is -2.54. The van der Waals surface area contributed by atoms with Crippen LogP contribution in [0, 0.1) is 13.8 Å². The Morgan fingerprint density at radius 2 is 2.00 bits per heavy atom. The second-order valence-corrected chi connectivity index (χ2v) is 6.06. The maximum Gasteiger partial charge on any atom is 0.221 e. The number of hydrogen-bond donors (Lipinski definition) is 0. The minimum absolute atomic E-state index is 0.0272. The lowest BCUT2D eigenvalue weighted by atomic mass is 10.0. The van der Waals surface area contributed by atoms with Gasteiger partial charge < -0.3 is 19.1 Å². The van der Waals surface area contributed by atoms with E-state index in [1.54, 1.807) is 14.2 Å². The Labute approximate surface area is 126 Å². The number of nitrogens with zero attached hydrogens (tertiary/aromatic N) is 3. The fraction of sp³-hybridized carbons (Fsp3) is 0.733. The SMILES string of the molecule is COC[C@H]1CN(c2nc(C)nc(OC)c2C)CC(C)(C)O1. The molecule has 1 aromatic rings. The van der Waals surface area contributed by atoms with Gasteiger partial charge in [-0.2, -0.15) is 4.98 Å². The van der Waals surface area contributed by atoms with Crippen molar-refractivity contribution in [2.45, 2.75) is 39.4 Å². The van der Waals surface area contributed by atoms with E-state index >= 15 is 0 Å². The summed E-state index contributed by atoms with van der Waals surface area (Å²) in [6.07, 6.45) is 0.0272. The summed E-state index contributed by atoms with van der Waals surface area (Å²) in [4.78, 5) is 11.2. The molecule has 0 N–H and O–H groups in total. The molecule has 1 fully saturated rings. The van der Waals surface area contributed by atoms with Gasteiger partial charge in [-0.3, -0.25) is 0 Å². The third-order valence-corrected chi connectivity index (χ3v) is 3.51. The number of methoxy groups -OCH3 is 2. The van der Waals surface area contributed by atoms with Crippen LogP contribution in [0.3, 0.4) is 0 Å². The molecular formula is C15H25N3O3. The van der Waals surface area contributed by atoms with E-state index in [1.165, 1.54) is 0 Å². The molecule has 1 aliphatic rings. The van der Waals surface area contributed by atoms with Crippen molar-refractivity contribution in [2.75, 3.05) is 38.8 Å². The summed E-state index contributed by atoms with van der Waals surface area (Å²) in [6.45, 7) is 10.1. The van der Waals surface area contributed by atoms with Crippen molar-refractivity contribution in [2.24, 2.45) is 0 Å². The monoisotopic (exact) mass is 295 g/mol. The molecule has 0 radical (unpaired) electrons. The number of aromatic nitrogens is 2. The lowest BCUT2D eigenvalue weighted by Gasteiger charge is -2.43. The molecule has 1 aliphatic heterocycles. The molecule has 0 aliphatic carbocycles. The van der Waals surface area contributed by atoms with Crippen molar-refractivity contribution in [3.8, 4) is 5.88 Å². The van der Waals surface area contributed by atoms with Gasteiger partial charge in [-0.1, -0.05) is 0 Å². The van der Waals surface area contributed by atoms with Crippen LogP contribution in [-0.4, -0.2) is 55.6 Å². The van der Waals surface area contributed by atoms with Gasteiger partial charge in [-0.05, 0) is 27.7 Å². The Morgan fingerprint density at radius 3 is 2.62 bits per heavy atom. The molecule has 21 heavy (non-hydrogen) atoms. The van der Waals surface area contributed by atoms with E-state index in [0.717, 1.165) is 24.5 Å². The largest absolute Gasteiger partial charge is 0.481 e. The van der Waals surface area contributed by atoms with Gasteiger partial charge >= 0.3 is 0 Å². The normalized spacial score (nSPS) is 21.4. The van der Waals surface area contributed by atoms with Crippen molar-refractivity contribution in [3.63, 3.8) is 0 Å². The van der Waals surface area contributed by atoms with Crippen molar-refractivity contribution >= 4 is 5.82 Å². The summed E-state index contributed by atoms with van der Waals surface area (Å²) in [5.74, 6) is 2.25. The highest BCUT2D eigenvalue weighted by atomic mass is 16.5. The first kappa shape index (κ1) is 16.0. The van der Waals surface area contributed by atoms with Crippen molar-refractivity contribution in [1.82, 2.24) is 9.97 Å². The van der Waals surface area contributed by atoms with E-state index in [2.05, 4.69) is 28.7 Å². The molecule has 1 aromatic heterocycles. The molecule has 2 rings (SSSR count). The summed E-state index contributed by atoms with van der Waals surface area (Å²) < 4.78 is 16.6. The van der Waals surface area contributed by atoms with Gasteiger partial charge in [-0.25, -0.2) is 4.98 Å². The van der Waals surface area contributed by atoms with Gasteiger partial charge in [0.2, 0.25) is 5.88 Å². The first-order valence-electron chi connectivity index (χ1n) is 7.17. The molecule has 0 unspecified atom stereocenters. The van der Waals surface area contributed by atoms with E-state index in [-0.39, 0.29) is 11.7 Å². The molecule has 6 heteroatoms. The zero-order chi connectivity index (χ0) is 15.6. The highest BCUT2D eigenvalue weighted by Gasteiger charge is 2.35. The highest BCUT2D eigenvalue weighted by Crippen LogP contribution is 2.30. The fourth-order valence-corrected chi connectivity index (χ4v) is 2.82. The minimum atomic E-state index is -0.250. The summed E-state index contributed by atoms with van der Waals surface area (Å²) >= 11 is 0. The summed E-state index contributed by atoms with van der Waals surface area (Å²) in [6, 6.07) is 0. The highest BCUT2D eigenvalue weighted by molar-refractivity contribution is 5.51. The van der Waals surface area contributed by atoms with Crippen molar-refractivity contribution in [1.29, 1.82) is 0 Å². The maximum atomic E-state index is 6.05. The number of ether oxygens (including phenoxy) is 3. The van der Waals surface area contributed by atoms with Gasteiger partial charge in [0, 0.05) is 20.2 Å². The van der Waals surface area contributed by atoms with E-state index < -0.39 is 0 Å². The lowest BCUT2D eigenvalue weighted by molar-refractivity contribution is -0.106. The van der Waals surface area contributed by atoms with Crippen LogP contribution in [0.25, 0.3) is 0 Å². The van der Waals surface area contributed by atoms with Crippen LogP contribution in [0.2, 0.25) is 0 Å². The smallest absolute Gasteiger partial charge is 0.221 e. The van der Waals surface area contributed by atoms with E-state index in [0.29, 0.717) is 18.3 Å². The van der Waals surface area contributed by atoms with Crippen LogP contribution in [0.5, 0.6) is 5.88 Å². The van der Waals surface area contributed by atoms with E-state index in [1.807, 2.05) is 13.8 Å². The Bertz CT molecular complexity index is 505. The average molecular weight is 295 g/mol. The average Bonchev–Trinajstić information content (AvgIpc) is 2.39. The number of rotatable bonds is 4. The Morgan fingerprint density at radius 1 is 1.29 bits per heavy atom. The van der Waals surface area contributed by atoms with Gasteiger partial charge in [0.05, 0.1) is 31.0 Å². The molecule has 0 saturated carbocycles. The molecule has 0 spiro atoms. The molecule has 1 atom stereocenters. The van der Waals surface area contributed by atoms with Gasteiger partial charge in [0.25, 0.3) is 0 Å². The topological polar surface area (TPSA) is 56.7 Å². The molecular weight excluding hydrogens is 270 g/mol. The number of anilines is 1. The zero-order valence-electron chi connectivity index (χ0n) is 13.8. The first-order valence-corrected chi connectivity index (χ1v) is 7.17. The second-order valence-electron chi connectivity index (χ2n) is 6.06. The van der Waals surface area contributed by atoms with Crippen LogP contribution in [-0.2, 0) is 9.47 Å². The third-order valence-electron chi connectivity index (χ3n) is 3.51. The Kier molecular flexibility index (Phi) is 4.68. The van der Waals surface area contributed by atoms with Gasteiger partial charge in [0.1, 0.15) is 11.6 Å².